The van der Waals surface area contributed by atoms with Crippen molar-refractivity contribution < 1.29 is 23.8 Å². The van der Waals surface area contributed by atoms with E-state index in [1.807, 2.05) is 31.2 Å². The first-order chi connectivity index (χ1) is 13.5. The van der Waals surface area contributed by atoms with Crippen LogP contribution in [0.15, 0.2) is 47.3 Å². The SMILES string of the molecule is Cc1cccc(OCC(O)CNC(=O)C2CCN(C(=O)c3ccoc3)CC2)c1. The smallest absolute Gasteiger partial charge is 0.257 e. The maximum atomic E-state index is 12.3. The number of aliphatic hydroxyl groups is 1. The Bertz CT molecular complexity index is 782. The van der Waals surface area contributed by atoms with Crippen molar-refractivity contribution in [1.29, 1.82) is 0 Å². The van der Waals surface area contributed by atoms with E-state index in [4.69, 9.17) is 9.15 Å². The molecule has 2 N–H and O–H groups in total. The highest BCUT2D eigenvalue weighted by atomic mass is 16.5. The number of furan rings is 1. The number of nitrogens with zero attached hydrogens (tertiary/aromatic N) is 1. The maximum absolute atomic E-state index is 12.3. The average Bonchev–Trinajstić information content (AvgIpc) is 3.25. The van der Waals surface area contributed by atoms with E-state index in [9.17, 15) is 14.7 Å². The molecule has 0 radical (unpaired) electrons. The summed E-state index contributed by atoms with van der Waals surface area (Å²) in [4.78, 5) is 26.4. The van der Waals surface area contributed by atoms with Gasteiger partial charge in [-0.05, 0) is 43.5 Å². The van der Waals surface area contributed by atoms with Crippen LogP contribution in [0, 0.1) is 12.8 Å². The molecule has 150 valence electrons. The van der Waals surface area contributed by atoms with E-state index in [-0.39, 0.29) is 30.9 Å². The predicted octanol–water partition coefficient (Wildman–Crippen LogP) is 2.00. The van der Waals surface area contributed by atoms with Crippen molar-refractivity contribution in [2.75, 3.05) is 26.2 Å². The molecule has 7 nitrogen and oxygen atoms in total. The summed E-state index contributed by atoms with van der Waals surface area (Å²) in [6.07, 6.45) is 3.33. The standard InChI is InChI=1S/C21H26N2O5/c1-15-3-2-4-19(11-15)28-14-18(24)12-22-20(25)16-5-8-23(9-6-16)21(26)17-7-10-27-13-17/h2-4,7,10-11,13,16,18,24H,5-6,8-9,12,14H2,1H3,(H,22,25). The second kappa shape index (κ2) is 9.41. The summed E-state index contributed by atoms with van der Waals surface area (Å²) in [6.45, 7) is 3.28. The summed E-state index contributed by atoms with van der Waals surface area (Å²) in [5, 5.41) is 12.8. The van der Waals surface area contributed by atoms with E-state index >= 15 is 0 Å². The molecular formula is C21H26N2O5. The van der Waals surface area contributed by atoms with E-state index in [1.54, 1.807) is 11.0 Å². The molecule has 0 saturated carbocycles. The topological polar surface area (TPSA) is 92.0 Å². The summed E-state index contributed by atoms with van der Waals surface area (Å²) in [6, 6.07) is 9.22. The number of hydrogen-bond donors (Lipinski definition) is 2. The molecule has 1 aromatic heterocycles. The summed E-state index contributed by atoms with van der Waals surface area (Å²) in [7, 11) is 0. The third-order valence-electron chi connectivity index (χ3n) is 4.86. The van der Waals surface area contributed by atoms with Gasteiger partial charge in [0.2, 0.25) is 5.91 Å². The van der Waals surface area contributed by atoms with Gasteiger partial charge in [-0.2, -0.15) is 0 Å². The Morgan fingerprint density at radius 2 is 2.11 bits per heavy atom. The van der Waals surface area contributed by atoms with Gasteiger partial charge < -0.3 is 24.5 Å². The highest BCUT2D eigenvalue weighted by Crippen LogP contribution is 2.19. The van der Waals surface area contributed by atoms with Crippen molar-refractivity contribution in [1.82, 2.24) is 10.2 Å². The molecule has 2 aromatic rings. The zero-order valence-electron chi connectivity index (χ0n) is 16.0. The Kier molecular flexibility index (Phi) is 6.71. The molecule has 0 spiro atoms. The Morgan fingerprint density at radius 1 is 1.32 bits per heavy atom. The average molecular weight is 386 g/mol. The minimum absolute atomic E-state index is 0.0728. The molecule has 1 unspecified atom stereocenters. The van der Waals surface area contributed by atoms with Crippen LogP contribution in [0.1, 0.15) is 28.8 Å². The van der Waals surface area contributed by atoms with Crippen LogP contribution in [-0.4, -0.2) is 54.2 Å². The van der Waals surface area contributed by atoms with Crippen LogP contribution in [0.3, 0.4) is 0 Å². The molecule has 1 aromatic carbocycles. The summed E-state index contributed by atoms with van der Waals surface area (Å²) in [5.41, 5.74) is 1.61. The van der Waals surface area contributed by atoms with Crippen LogP contribution in [0.2, 0.25) is 0 Å². The number of benzene rings is 1. The third kappa shape index (κ3) is 5.36. The van der Waals surface area contributed by atoms with Crippen molar-refractivity contribution in [2.45, 2.75) is 25.9 Å². The monoisotopic (exact) mass is 386 g/mol. The zero-order chi connectivity index (χ0) is 19.9. The van der Waals surface area contributed by atoms with Crippen molar-refractivity contribution in [3.8, 4) is 5.75 Å². The summed E-state index contributed by atoms with van der Waals surface area (Å²) >= 11 is 0. The van der Waals surface area contributed by atoms with E-state index in [1.165, 1.54) is 12.5 Å². The lowest BCUT2D eigenvalue weighted by molar-refractivity contribution is -0.126. The van der Waals surface area contributed by atoms with E-state index in [2.05, 4.69) is 5.32 Å². The van der Waals surface area contributed by atoms with Crippen molar-refractivity contribution in [3.63, 3.8) is 0 Å². The highest BCUT2D eigenvalue weighted by molar-refractivity contribution is 5.94. The van der Waals surface area contributed by atoms with E-state index in [0.717, 1.165) is 5.56 Å². The van der Waals surface area contributed by atoms with Crippen molar-refractivity contribution in [3.05, 3.63) is 54.0 Å². The van der Waals surface area contributed by atoms with Crippen LogP contribution < -0.4 is 10.1 Å². The van der Waals surface area contributed by atoms with Crippen molar-refractivity contribution >= 4 is 11.8 Å². The summed E-state index contributed by atoms with van der Waals surface area (Å²) in [5.74, 6) is 0.375. The number of likely N-dealkylation sites (tertiary alicyclic amines) is 1. The Labute approximate surface area is 164 Å². The maximum Gasteiger partial charge on any atom is 0.257 e. The normalized spacial score (nSPS) is 15.9. The van der Waals surface area contributed by atoms with Gasteiger partial charge in [0, 0.05) is 25.6 Å². The highest BCUT2D eigenvalue weighted by Gasteiger charge is 2.28. The van der Waals surface area contributed by atoms with Crippen LogP contribution in [0.25, 0.3) is 0 Å². The molecule has 0 bridgehead atoms. The number of ether oxygens (including phenoxy) is 1. The molecule has 2 heterocycles. The van der Waals surface area contributed by atoms with Gasteiger partial charge in [-0.3, -0.25) is 9.59 Å². The minimum atomic E-state index is -0.785. The van der Waals surface area contributed by atoms with E-state index < -0.39 is 6.10 Å². The first-order valence-electron chi connectivity index (χ1n) is 9.49. The van der Waals surface area contributed by atoms with Gasteiger partial charge in [-0.25, -0.2) is 0 Å². The van der Waals surface area contributed by atoms with Crippen LogP contribution in [0.4, 0.5) is 0 Å². The Balaban J connectivity index is 1.36. The number of amides is 2. The zero-order valence-corrected chi connectivity index (χ0v) is 16.0. The van der Waals surface area contributed by atoms with Gasteiger partial charge in [-0.15, -0.1) is 0 Å². The van der Waals surface area contributed by atoms with Gasteiger partial charge >= 0.3 is 0 Å². The van der Waals surface area contributed by atoms with E-state index in [0.29, 0.717) is 37.2 Å². The molecule has 7 heteroatoms. The molecule has 1 atom stereocenters. The molecule has 1 aliphatic rings. The number of carbonyl (C=O) groups excluding carboxylic acids is 2. The molecular weight excluding hydrogens is 360 g/mol. The quantitative estimate of drug-likeness (QED) is 0.759. The van der Waals surface area contributed by atoms with Crippen LogP contribution in [0.5, 0.6) is 5.75 Å². The Hall–Kier alpha value is -2.80. The fraction of sp³-hybridized carbons (Fsp3) is 0.429. The number of carbonyl (C=O) groups is 2. The molecule has 2 amide bonds. The molecule has 1 aliphatic heterocycles. The molecule has 28 heavy (non-hydrogen) atoms. The van der Waals surface area contributed by atoms with Gasteiger partial charge in [0.25, 0.3) is 5.91 Å². The minimum Gasteiger partial charge on any atom is -0.491 e. The number of aryl methyl sites for hydroxylation is 1. The molecule has 3 rings (SSSR count). The fourth-order valence-corrected chi connectivity index (χ4v) is 3.23. The lowest BCUT2D eigenvalue weighted by Gasteiger charge is -2.31. The number of nitrogens with one attached hydrogen (secondary N) is 1. The van der Waals surface area contributed by atoms with Gasteiger partial charge in [0.1, 0.15) is 24.7 Å². The summed E-state index contributed by atoms with van der Waals surface area (Å²) < 4.78 is 10.5. The number of aliphatic hydroxyl groups excluding tert-OH is 1. The largest absolute Gasteiger partial charge is 0.491 e. The van der Waals surface area contributed by atoms with Crippen molar-refractivity contribution in [2.24, 2.45) is 5.92 Å². The van der Waals surface area contributed by atoms with Gasteiger partial charge in [0.05, 0.1) is 11.8 Å². The second-order valence-electron chi connectivity index (χ2n) is 7.10. The Morgan fingerprint density at radius 3 is 2.79 bits per heavy atom. The fourth-order valence-electron chi connectivity index (χ4n) is 3.23. The molecule has 1 saturated heterocycles. The molecule has 1 fully saturated rings. The lowest BCUT2D eigenvalue weighted by atomic mass is 9.95. The second-order valence-corrected chi connectivity index (χ2v) is 7.10. The van der Waals surface area contributed by atoms with Crippen LogP contribution >= 0.6 is 0 Å². The molecule has 0 aliphatic carbocycles. The lowest BCUT2D eigenvalue weighted by Crippen LogP contribution is -2.44. The van der Waals surface area contributed by atoms with Gasteiger partial charge in [-0.1, -0.05) is 12.1 Å². The number of rotatable bonds is 7. The van der Waals surface area contributed by atoms with Gasteiger partial charge in [0.15, 0.2) is 0 Å². The number of hydrogen-bond acceptors (Lipinski definition) is 5. The predicted molar refractivity (Wildman–Crippen MR) is 103 cm³/mol. The first kappa shape index (κ1) is 19.9. The van der Waals surface area contributed by atoms with Crippen LogP contribution in [-0.2, 0) is 4.79 Å². The number of piperidine rings is 1. The third-order valence-corrected chi connectivity index (χ3v) is 4.86. The first-order valence-corrected chi connectivity index (χ1v) is 9.49.